The first-order chi connectivity index (χ1) is 8.82. The third kappa shape index (κ3) is 2.13. The first-order valence-electron chi connectivity index (χ1n) is 6.04. The molecule has 0 aromatic carbocycles. The molecule has 2 rings (SSSR count). The second-order valence-corrected chi connectivity index (χ2v) is 4.99. The number of aryl methyl sites for hydroxylation is 1. The average Bonchev–Trinajstić information content (AvgIpc) is 2.53. The molecule has 0 saturated carbocycles. The number of aliphatic carboxylic acids is 1. The van der Waals surface area contributed by atoms with Crippen molar-refractivity contribution in [3.8, 4) is 0 Å². The van der Waals surface area contributed by atoms with E-state index in [-0.39, 0.29) is 24.8 Å². The van der Waals surface area contributed by atoms with Gasteiger partial charge in [0, 0.05) is 19.1 Å². The molecule has 0 unspecified atom stereocenters. The van der Waals surface area contributed by atoms with Crippen LogP contribution in [0.5, 0.6) is 0 Å². The maximum Gasteiger partial charge on any atom is 0.333 e. The summed E-state index contributed by atoms with van der Waals surface area (Å²) >= 11 is 0. The third-order valence-corrected chi connectivity index (χ3v) is 3.23. The fourth-order valence-corrected chi connectivity index (χ4v) is 2.20. The third-order valence-electron chi connectivity index (χ3n) is 3.23. The molecule has 0 bridgehead atoms. The summed E-state index contributed by atoms with van der Waals surface area (Å²) in [6.07, 6.45) is 0. The lowest BCUT2D eigenvalue weighted by molar-refractivity contribution is -0.384. The number of anilines is 1. The number of aromatic nitrogens is 2. The van der Waals surface area contributed by atoms with Gasteiger partial charge in [-0.2, -0.15) is 5.10 Å². The summed E-state index contributed by atoms with van der Waals surface area (Å²) < 4.78 is 1.59. The van der Waals surface area contributed by atoms with Gasteiger partial charge in [-0.25, -0.2) is 4.68 Å². The molecule has 0 spiro atoms. The summed E-state index contributed by atoms with van der Waals surface area (Å²) in [5, 5.41) is 24.2. The number of carboxylic acid groups (broad SMARTS) is 1. The van der Waals surface area contributed by atoms with Crippen LogP contribution in [0.3, 0.4) is 0 Å². The topological polar surface area (TPSA) is 102 Å². The Labute approximate surface area is 109 Å². The lowest BCUT2D eigenvalue weighted by Gasteiger charge is -2.38. The molecule has 2 heterocycles. The van der Waals surface area contributed by atoms with Crippen LogP contribution in [0, 0.1) is 23.0 Å². The summed E-state index contributed by atoms with van der Waals surface area (Å²) in [5.74, 6) is -0.920. The molecule has 1 aliphatic heterocycles. The van der Waals surface area contributed by atoms with E-state index in [4.69, 9.17) is 5.11 Å². The quantitative estimate of drug-likeness (QED) is 0.650. The van der Waals surface area contributed by atoms with Crippen LogP contribution in [0.1, 0.15) is 25.6 Å². The van der Waals surface area contributed by atoms with E-state index >= 15 is 0 Å². The van der Waals surface area contributed by atoms with Crippen molar-refractivity contribution in [2.75, 3.05) is 18.0 Å². The number of nitro groups is 1. The molecule has 8 heteroatoms. The van der Waals surface area contributed by atoms with Gasteiger partial charge in [0.1, 0.15) is 5.69 Å². The minimum atomic E-state index is -0.869. The van der Waals surface area contributed by atoms with E-state index in [2.05, 4.69) is 5.10 Å². The average molecular weight is 268 g/mol. The van der Waals surface area contributed by atoms with E-state index in [0.29, 0.717) is 11.5 Å². The van der Waals surface area contributed by atoms with E-state index in [9.17, 15) is 14.9 Å². The van der Waals surface area contributed by atoms with Crippen LogP contribution in [-0.2, 0) is 4.79 Å². The number of carboxylic acids is 1. The van der Waals surface area contributed by atoms with Gasteiger partial charge in [-0.3, -0.25) is 14.9 Å². The van der Waals surface area contributed by atoms with Crippen LogP contribution in [0.2, 0.25) is 0 Å². The van der Waals surface area contributed by atoms with Gasteiger partial charge in [0.25, 0.3) is 0 Å². The fourth-order valence-electron chi connectivity index (χ4n) is 2.20. The zero-order valence-corrected chi connectivity index (χ0v) is 11.0. The highest BCUT2D eigenvalue weighted by Gasteiger charge is 2.40. The fraction of sp³-hybridized carbons (Fsp3) is 0.636. The number of hydrogen-bond acceptors (Lipinski definition) is 5. The Balaban J connectivity index is 2.38. The van der Waals surface area contributed by atoms with Crippen molar-refractivity contribution in [1.29, 1.82) is 0 Å². The minimum Gasteiger partial charge on any atom is -0.481 e. The monoisotopic (exact) mass is 268 g/mol. The van der Waals surface area contributed by atoms with Gasteiger partial charge in [-0.05, 0) is 20.8 Å². The van der Waals surface area contributed by atoms with Gasteiger partial charge >= 0.3 is 11.7 Å². The second-order valence-electron chi connectivity index (χ2n) is 4.99. The van der Waals surface area contributed by atoms with E-state index in [1.54, 1.807) is 16.5 Å². The van der Waals surface area contributed by atoms with Gasteiger partial charge in [0.2, 0.25) is 5.82 Å². The highest BCUT2D eigenvalue weighted by molar-refractivity contribution is 5.75. The number of carbonyl (C=O) groups is 1. The molecular weight excluding hydrogens is 252 g/mol. The van der Waals surface area contributed by atoms with Gasteiger partial charge in [0.05, 0.1) is 10.8 Å². The Morgan fingerprint density at radius 3 is 2.53 bits per heavy atom. The molecular formula is C11H16N4O4. The highest BCUT2D eigenvalue weighted by Crippen LogP contribution is 2.37. The molecule has 1 saturated heterocycles. The molecule has 0 aliphatic carbocycles. The summed E-state index contributed by atoms with van der Waals surface area (Å²) in [6, 6.07) is -0.0220. The largest absolute Gasteiger partial charge is 0.481 e. The van der Waals surface area contributed by atoms with Crippen LogP contribution in [-0.4, -0.2) is 38.9 Å². The van der Waals surface area contributed by atoms with E-state index < -0.39 is 16.8 Å². The Kier molecular flexibility index (Phi) is 3.17. The van der Waals surface area contributed by atoms with E-state index in [0.717, 1.165) is 0 Å². The zero-order valence-electron chi connectivity index (χ0n) is 11.0. The number of hydrogen-bond donors (Lipinski definition) is 1. The highest BCUT2D eigenvalue weighted by atomic mass is 16.6. The van der Waals surface area contributed by atoms with Crippen LogP contribution in [0.15, 0.2) is 0 Å². The molecule has 19 heavy (non-hydrogen) atoms. The van der Waals surface area contributed by atoms with Gasteiger partial charge in [-0.15, -0.1) is 0 Å². The lowest BCUT2D eigenvalue weighted by atomic mass is 10.0. The summed E-state index contributed by atoms with van der Waals surface area (Å²) in [4.78, 5) is 23.2. The second kappa shape index (κ2) is 4.52. The normalized spacial score (nSPS) is 15.7. The molecule has 1 aromatic heterocycles. The van der Waals surface area contributed by atoms with Crippen molar-refractivity contribution >= 4 is 17.5 Å². The van der Waals surface area contributed by atoms with Crippen molar-refractivity contribution in [1.82, 2.24) is 9.78 Å². The summed E-state index contributed by atoms with van der Waals surface area (Å²) in [7, 11) is 0. The van der Waals surface area contributed by atoms with Crippen molar-refractivity contribution < 1.29 is 14.8 Å². The van der Waals surface area contributed by atoms with Crippen molar-refractivity contribution in [2.24, 2.45) is 5.92 Å². The molecule has 1 aromatic rings. The molecule has 0 atom stereocenters. The first kappa shape index (κ1) is 13.3. The minimum absolute atomic E-state index is 0.0220. The predicted molar refractivity (Wildman–Crippen MR) is 67.3 cm³/mol. The molecule has 8 nitrogen and oxygen atoms in total. The summed E-state index contributed by atoms with van der Waals surface area (Å²) in [5.41, 5.74) is 0.324. The number of nitrogens with zero attached hydrogens (tertiary/aromatic N) is 4. The molecule has 1 aliphatic rings. The maximum atomic E-state index is 11.1. The van der Waals surface area contributed by atoms with Crippen molar-refractivity contribution in [3.05, 3.63) is 15.8 Å². The Hall–Kier alpha value is -2.12. The lowest BCUT2D eigenvalue weighted by Crippen LogP contribution is -2.51. The van der Waals surface area contributed by atoms with E-state index in [1.807, 2.05) is 13.8 Å². The van der Waals surface area contributed by atoms with Gasteiger partial charge in [-0.1, -0.05) is 0 Å². The predicted octanol–water partition coefficient (Wildman–Crippen LogP) is 1.20. The first-order valence-corrected chi connectivity index (χ1v) is 6.04. The molecule has 0 amide bonds. The smallest absolute Gasteiger partial charge is 0.333 e. The summed E-state index contributed by atoms with van der Waals surface area (Å²) in [6.45, 7) is 5.93. The Morgan fingerprint density at radius 1 is 1.53 bits per heavy atom. The molecule has 1 fully saturated rings. The molecule has 104 valence electrons. The zero-order chi connectivity index (χ0) is 14.3. The van der Waals surface area contributed by atoms with E-state index in [1.165, 1.54) is 0 Å². The Bertz CT molecular complexity index is 531. The molecule has 0 radical (unpaired) electrons. The SMILES string of the molecule is Cc1nn(C(C)C)c(N2CC(C(=O)O)C2)c1[N+](=O)[O-]. The Morgan fingerprint density at radius 2 is 2.11 bits per heavy atom. The van der Waals surface area contributed by atoms with Gasteiger partial charge < -0.3 is 10.0 Å². The van der Waals surface area contributed by atoms with Crippen molar-refractivity contribution in [3.63, 3.8) is 0 Å². The van der Waals surface area contributed by atoms with Crippen LogP contribution in [0.25, 0.3) is 0 Å². The standard InChI is InChI=1S/C11H16N4O4/c1-6(2)14-10(9(15(18)19)7(3)12-14)13-4-8(5-13)11(16)17/h6,8H,4-5H2,1-3H3,(H,16,17). The van der Waals surface area contributed by atoms with Crippen LogP contribution in [0.4, 0.5) is 11.5 Å². The number of rotatable bonds is 4. The van der Waals surface area contributed by atoms with Gasteiger partial charge in [0.15, 0.2) is 0 Å². The maximum absolute atomic E-state index is 11.1. The van der Waals surface area contributed by atoms with Crippen LogP contribution < -0.4 is 4.90 Å². The van der Waals surface area contributed by atoms with Crippen LogP contribution >= 0.6 is 0 Å². The molecule has 1 N–H and O–H groups in total. The van der Waals surface area contributed by atoms with Crippen molar-refractivity contribution in [2.45, 2.75) is 26.8 Å².